The molecule has 0 heterocycles. The summed E-state index contributed by atoms with van der Waals surface area (Å²) < 4.78 is 11.9. The molecule has 2 aromatic rings. The molecule has 2 aromatic carbocycles. The van der Waals surface area contributed by atoms with E-state index in [-0.39, 0.29) is 29.9 Å². The summed E-state index contributed by atoms with van der Waals surface area (Å²) in [6.45, 7) is 0. The highest BCUT2D eigenvalue weighted by molar-refractivity contribution is 5.90. The van der Waals surface area contributed by atoms with Crippen molar-refractivity contribution >= 4 is 11.9 Å². The third-order valence-electron chi connectivity index (χ3n) is 6.52. The second-order valence-electron chi connectivity index (χ2n) is 7.94. The molecule has 0 amide bonds. The van der Waals surface area contributed by atoms with Gasteiger partial charge in [0.05, 0.1) is 11.1 Å². The lowest BCUT2D eigenvalue weighted by atomic mass is 9.78. The van der Waals surface area contributed by atoms with Gasteiger partial charge in [0.2, 0.25) is 0 Å². The van der Waals surface area contributed by atoms with Crippen molar-refractivity contribution < 1.29 is 19.1 Å². The highest BCUT2D eigenvalue weighted by Gasteiger charge is 2.61. The van der Waals surface area contributed by atoms with Crippen molar-refractivity contribution in [2.75, 3.05) is 0 Å². The van der Waals surface area contributed by atoms with Gasteiger partial charge in [-0.1, -0.05) is 48.6 Å². The quantitative estimate of drug-likeness (QED) is 0.592. The van der Waals surface area contributed by atoms with Crippen molar-refractivity contribution in [3.05, 3.63) is 83.9 Å². The van der Waals surface area contributed by atoms with Crippen LogP contribution in [0.4, 0.5) is 0 Å². The van der Waals surface area contributed by atoms with Gasteiger partial charge in [-0.25, -0.2) is 9.59 Å². The molecule has 0 saturated heterocycles. The Morgan fingerprint density at radius 3 is 1.82 bits per heavy atom. The number of rotatable bonds is 4. The third kappa shape index (κ3) is 2.84. The van der Waals surface area contributed by atoms with Gasteiger partial charge in [-0.05, 0) is 48.9 Å². The SMILES string of the molecule is O=C(O[C@@H]1[C@@H]2C[C@@H]([C@@H]3CC=C[C@@H]32)[C@@H]1OC(=O)c1ccccc1)c1ccccc1. The fraction of sp³-hybridized carbons (Fsp3) is 0.333. The molecule has 0 radical (unpaired) electrons. The van der Waals surface area contributed by atoms with E-state index in [1.54, 1.807) is 24.3 Å². The number of esters is 2. The summed E-state index contributed by atoms with van der Waals surface area (Å²) in [4.78, 5) is 25.4. The first-order valence-corrected chi connectivity index (χ1v) is 9.91. The van der Waals surface area contributed by atoms with Crippen molar-refractivity contribution in [1.29, 1.82) is 0 Å². The van der Waals surface area contributed by atoms with Crippen LogP contribution in [0.3, 0.4) is 0 Å². The summed E-state index contributed by atoms with van der Waals surface area (Å²) in [5.74, 6) is 0.676. The van der Waals surface area contributed by atoms with Gasteiger partial charge in [0.1, 0.15) is 12.2 Å². The first-order valence-electron chi connectivity index (χ1n) is 9.91. The van der Waals surface area contributed by atoms with Gasteiger partial charge in [-0.15, -0.1) is 0 Å². The van der Waals surface area contributed by atoms with Crippen LogP contribution in [-0.4, -0.2) is 24.1 Å². The van der Waals surface area contributed by atoms with Gasteiger partial charge in [-0.3, -0.25) is 0 Å². The standard InChI is InChI=1S/C24H22O4/c25-23(15-8-3-1-4-9-15)27-21-19-14-20(18-13-7-12-17(18)19)22(21)28-24(26)16-10-5-2-6-11-16/h1-12,17-22H,13-14H2/t17-,18+,19+,20-,21+,22-/m0/s1. The van der Waals surface area contributed by atoms with Crippen LogP contribution in [0.25, 0.3) is 0 Å². The molecule has 6 atom stereocenters. The second-order valence-corrected chi connectivity index (χ2v) is 7.94. The number of carbonyl (C=O) groups excluding carboxylic acids is 2. The molecular weight excluding hydrogens is 352 g/mol. The van der Waals surface area contributed by atoms with E-state index in [0.29, 0.717) is 23.0 Å². The van der Waals surface area contributed by atoms with E-state index in [1.165, 1.54) is 0 Å². The predicted molar refractivity (Wildman–Crippen MR) is 104 cm³/mol. The molecule has 0 spiro atoms. The minimum Gasteiger partial charge on any atom is -0.455 e. The number of carbonyl (C=O) groups is 2. The van der Waals surface area contributed by atoms with Crippen molar-refractivity contribution in [2.45, 2.75) is 25.0 Å². The average Bonchev–Trinajstić information content (AvgIpc) is 3.43. The highest BCUT2D eigenvalue weighted by Crippen LogP contribution is 2.58. The Labute approximate surface area is 164 Å². The van der Waals surface area contributed by atoms with Gasteiger partial charge in [0, 0.05) is 11.8 Å². The summed E-state index contributed by atoms with van der Waals surface area (Å²) in [7, 11) is 0. The molecule has 0 N–H and O–H groups in total. The van der Waals surface area contributed by atoms with E-state index in [2.05, 4.69) is 12.2 Å². The summed E-state index contributed by atoms with van der Waals surface area (Å²) in [5.41, 5.74) is 1.05. The van der Waals surface area contributed by atoms with Crippen LogP contribution in [0.5, 0.6) is 0 Å². The molecule has 3 aliphatic rings. The predicted octanol–water partition coefficient (Wildman–Crippen LogP) is 4.28. The minimum atomic E-state index is -0.394. The molecule has 2 fully saturated rings. The zero-order valence-electron chi connectivity index (χ0n) is 15.4. The fourth-order valence-electron chi connectivity index (χ4n) is 5.32. The van der Waals surface area contributed by atoms with Crippen molar-refractivity contribution in [3.8, 4) is 0 Å². The van der Waals surface area contributed by atoms with Crippen molar-refractivity contribution in [3.63, 3.8) is 0 Å². The Bertz CT molecular complexity index is 905. The number of fused-ring (bicyclic) bond motifs is 5. The van der Waals surface area contributed by atoms with Crippen molar-refractivity contribution in [1.82, 2.24) is 0 Å². The lowest BCUT2D eigenvalue weighted by Crippen LogP contribution is -2.45. The van der Waals surface area contributed by atoms with Crippen LogP contribution in [0, 0.1) is 23.7 Å². The maximum absolute atomic E-state index is 12.7. The van der Waals surface area contributed by atoms with Crippen LogP contribution in [-0.2, 0) is 9.47 Å². The number of hydrogen-bond acceptors (Lipinski definition) is 4. The maximum Gasteiger partial charge on any atom is 0.338 e. The summed E-state index contributed by atoms with van der Waals surface area (Å²) in [5, 5.41) is 0. The van der Waals surface area contributed by atoms with Crippen LogP contribution < -0.4 is 0 Å². The van der Waals surface area contributed by atoms with Gasteiger partial charge in [0.25, 0.3) is 0 Å². The molecule has 0 unspecified atom stereocenters. The molecule has 142 valence electrons. The molecule has 2 bridgehead atoms. The number of hydrogen-bond donors (Lipinski definition) is 0. The maximum atomic E-state index is 12.7. The molecule has 28 heavy (non-hydrogen) atoms. The zero-order valence-corrected chi connectivity index (χ0v) is 15.4. The smallest absolute Gasteiger partial charge is 0.338 e. The molecule has 4 nitrogen and oxygen atoms in total. The number of ether oxygens (including phenoxy) is 2. The monoisotopic (exact) mass is 374 g/mol. The topological polar surface area (TPSA) is 52.6 Å². The molecule has 0 aliphatic heterocycles. The third-order valence-corrected chi connectivity index (χ3v) is 6.52. The van der Waals surface area contributed by atoms with Crippen LogP contribution >= 0.6 is 0 Å². The Balaban J connectivity index is 1.39. The number of benzene rings is 2. The summed E-state index contributed by atoms with van der Waals surface area (Å²) >= 11 is 0. The van der Waals surface area contributed by atoms with Crippen LogP contribution in [0.1, 0.15) is 33.6 Å². The first kappa shape index (κ1) is 17.2. The average molecular weight is 374 g/mol. The molecular formula is C24H22O4. The van der Waals surface area contributed by atoms with E-state index < -0.39 is 6.10 Å². The normalized spacial score (nSPS) is 32.1. The zero-order chi connectivity index (χ0) is 19.1. The minimum absolute atomic E-state index is 0.218. The van der Waals surface area contributed by atoms with Crippen molar-refractivity contribution in [2.24, 2.45) is 23.7 Å². The first-order chi connectivity index (χ1) is 13.7. The van der Waals surface area contributed by atoms with E-state index in [1.807, 2.05) is 36.4 Å². The molecule has 5 rings (SSSR count). The fourth-order valence-corrected chi connectivity index (χ4v) is 5.32. The summed E-state index contributed by atoms with van der Waals surface area (Å²) in [6, 6.07) is 18.0. The highest BCUT2D eigenvalue weighted by atomic mass is 16.6. The molecule has 3 aliphatic carbocycles. The van der Waals surface area contributed by atoms with E-state index in [0.717, 1.165) is 12.8 Å². The van der Waals surface area contributed by atoms with Crippen LogP contribution in [0.15, 0.2) is 72.8 Å². The van der Waals surface area contributed by atoms with E-state index in [4.69, 9.17) is 9.47 Å². The molecule has 4 heteroatoms. The van der Waals surface area contributed by atoms with E-state index >= 15 is 0 Å². The molecule has 2 saturated carbocycles. The largest absolute Gasteiger partial charge is 0.455 e. The van der Waals surface area contributed by atoms with Gasteiger partial charge < -0.3 is 9.47 Å². The second kappa shape index (κ2) is 6.93. The summed E-state index contributed by atoms with van der Waals surface area (Å²) in [6.07, 6.45) is 5.66. The van der Waals surface area contributed by atoms with Gasteiger partial charge in [0.15, 0.2) is 0 Å². The van der Waals surface area contributed by atoms with E-state index in [9.17, 15) is 9.59 Å². The van der Waals surface area contributed by atoms with Gasteiger partial charge in [-0.2, -0.15) is 0 Å². The van der Waals surface area contributed by atoms with Gasteiger partial charge >= 0.3 is 11.9 Å². The lowest BCUT2D eigenvalue weighted by molar-refractivity contribution is -0.0735. The Hall–Kier alpha value is -2.88. The molecule has 0 aromatic heterocycles. The Morgan fingerprint density at radius 1 is 0.714 bits per heavy atom. The lowest BCUT2D eigenvalue weighted by Gasteiger charge is -2.37. The number of allylic oxidation sites excluding steroid dienone is 2. The van der Waals surface area contributed by atoms with Crippen LogP contribution in [0.2, 0.25) is 0 Å². The Morgan fingerprint density at radius 2 is 1.25 bits per heavy atom. The Kier molecular flexibility index (Phi) is 4.27.